The second kappa shape index (κ2) is 6.62. The van der Waals surface area contributed by atoms with Crippen molar-refractivity contribution in [1.29, 1.82) is 0 Å². The Morgan fingerprint density at radius 3 is 2.46 bits per heavy atom. The smallest absolute Gasteiger partial charge is 0.307 e. The Bertz CT molecular complexity index is 943. The van der Waals surface area contributed by atoms with Gasteiger partial charge < -0.3 is 5.32 Å². The van der Waals surface area contributed by atoms with E-state index in [0.29, 0.717) is 5.69 Å². The predicted molar refractivity (Wildman–Crippen MR) is 97.0 cm³/mol. The van der Waals surface area contributed by atoms with E-state index in [1.54, 1.807) is 18.2 Å². The number of amides is 2. The lowest BCUT2D eigenvalue weighted by Crippen LogP contribution is -2.33. The average molecular weight is 360 g/mol. The molecule has 24 heavy (non-hydrogen) atoms. The van der Waals surface area contributed by atoms with Crippen molar-refractivity contribution in [3.63, 3.8) is 0 Å². The molecule has 0 unspecified atom stereocenters. The van der Waals surface area contributed by atoms with Gasteiger partial charge in [-0.05, 0) is 41.6 Å². The summed E-state index contributed by atoms with van der Waals surface area (Å²) in [6.07, 6.45) is 0.896. The highest BCUT2D eigenvalue weighted by Crippen LogP contribution is 2.28. The van der Waals surface area contributed by atoms with Crippen molar-refractivity contribution in [2.75, 3.05) is 5.32 Å². The number of urea groups is 1. The van der Waals surface area contributed by atoms with Crippen LogP contribution in [-0.4, -0.2) is 14.4 Å². The van der Waals surface area contributed by atoms with Gasteiger partial charge in [-0.3, -0.25) is 0 Å². The largest absolute Gasteiger partial charge is 0.333 e. The molecule has 1 heterocycles. The first-order chi connectivity index (χ1) is 11.5. The van der Waals surface area contributed by atoms with Gasteiger partial charge in [0.05, 0.1) is 0 Å². The summed E-state index contributed by atoms with van der Waals surface area (Å²) in [7, 11) is -3.90. The average Bonchev–Trinajstić information content (AvgIpc) is 3.00. The molecule has 2 aromatic carbocycles. The lowest BCUT2D eigenvalue weighted by atomic mass is 10.1. The normalized spacial score (nSPS) is 11.4. The second-order valence-corrected chi connectivity index (χ2v) is 8.21. The summed E-state index contributed by atoms with van der Waals surface area (Å²) in [4.78, 5) is 12.0. The molecule has 124 valence electrons. The SMILES string of the molecule is CCc1ccc(NC(=O)NS(=O)(=O)c2cc3ccccc3s2)cc1. The van der Waals surface area contributed by atoms with Crippen LogP contribution in [0.1, 0.15) is 12.5 Å². The number of hydrogen-bond donors (Lipinski definition) is 2. The van der Waals surface area contributed by atoms with E-state index >= 15 is 0 Å². The van der Waals surface area contributed by atoms with E-state index in [-0.39, 0.29) is 4.21 Å². The Morgan fingerprint density at radius 1 is 1.08 bits per heavy atom. The van der Waals surface area contributed by atoms with E-state index in [0.717, 1.165) is 33.4 Å². The molecule has 0 aliphatic heterocycles. The van der Waals surface area contributed by atoms with Crippen LogP contribution in [0.2, 0.25) is 0 Å². The van der Waals surface area contributed by atoms with Crippen LogP contribution in [0.15, 0.2) is 58.8 Å². The Balaban J connectivity index is 1.74. The molecule has 0 fully saturated rings. The van der Waals surface area contributed by atoms with Crippen molar-refractivity contribution in [2.24, 2.45) is 0 Å². The van der Waals surface area contributed by atoms with Crippen LogP contribution in [0.25, 0.3) is 10.1 Å². The monoisotopic (exact) mass is 360 g/mol. The molecule has 0 bridgehead atoms. The molecule has 3 rings (SSSR count). The molecule has 2 N–H and O–H groups in total. The summed E-state index contributed by atoms with van der Waals surface area (Å²) in [6.45, 7) is 2.03. The number of benzene rings is 2. The van der Waals surface area contributed by atoms with Crippen LogP contribution in [-0.2, 0) is 16.4 Å². The third-order valence-electron chi connectivity index (χ3n) is 3.51. The van der Waals surface area contributed by atoms with Crippen molar-refractivity contribution in [3.05, 3.63) is 60.2 Å². The number of sulfonamides is 1. The maximum atomic E-state index is 12.3. The number of nitrogens with one attached hydrogen (secondary N) is 2. The molecule has 0 saturated carbocycles. The standard InChI is InChI=1S/C17H16N2O3S2/c1-2-12-7-9-14(10-8-12)18-17(20)19-24(21,22)16-11-13-5-3-4-6-15(13)23-16/h3-11H,2H2,1H3,(H2,18,19,20). The second-order valence-electron chi connectivity index (χ2n) is 5.21. The van der Waals surface area contributed by atoms with Gasteiger partial charge in [0.1, 0.15) is 4.21 Å². The summed E-state index contributed by atoms with van der Waals surface area (Å²) in [5.74, 6) is 0. The maximum absolute atomic E-state index is 12.3. The van der Waals surface area contributed by atoms with Crippen LogP contribution in [0.5, 0.6) is 0 Å². The van der Waals surface area contributed by atoms with Gasteiger partial charge >= 0.3 is 6.03 Å². The zero-order valence-corrected chi connectivity index (χ0v) is 14.6. The molecule has 0 aliphatic carbocycles. The minimum atomic E-state index is -3.90. The molecule has 0 saturated heterocycles. The number of carbonyl (C=O) groups excluding carboxylic acids is 1. The lowest BCUT2D eigenvalue weighted by molar-refractivity contribution is 0.256. The highest BCUT2D eigenvalue weighted by atomic mass is 32.2. The van der Waals surface area contributed by atoms with E-state index in [2.05, 4.69) is 5.32 Å². The van der Waals surface area contributed by atoms with Gasteiger partial charge in [-0.2, -0.15) is 0 Å². The molecule has 5 nitrogen and oxygen atoms in total. The van der Waals surface area contributed by atoms with E-state index < -0.39 is 16.1 Å². The van der Waals surface area contributed by atoms with Gasteiger partial charge in [0.25, 0.3) is 10.0 Å². The summed E-state index contributed by atoms with van der Waals surface area (Å²) in [5, 5.41) is 3.36. The van der Waals surface area contributed by atoms with Crippen molar-refractivity contribution in [1.82, 2.24) is 4.72 Å². The summed E-state index contributed by atoms with van der Waals surface area (Å²) in [6, 6.07) is 15.4. The van der Waals surface area contributed by atoms with Gasteiger partial charge in [0.15, 0.2) is 0 Å². The number of thiophene rings is 1. The molecular formula is C17H16N2O3S2. The fraction of sp³-hybridized carbons (Fsp3) is 0.118. The highest BCUT2D eigenvalue weighted by Gasteiger charge is 2.20. The van der Waals surface area contributed by atoms with E-state index in [1.807, 2.05) is 48.0 Å². The predicted octanol–water partition coefficient (Wildman–Crippen LogP) is 3.97. The van der Waals surface area contributed by atoms with Crippen LogP contribution in [0, 0.1) is 0 Å². The fourth-order valence-corrected chi connectivity index (χ4v) is 4.55. The third kappa shape index (κ3) is 3.58. The molecule has 1 aromatic heterocycles. The number of rotatable bonds is 4. The molecule has 0 spiro atoms. The van der Waals surface area contributed by atoms with Gasteiger partial charge in [-0.1, -0.05) is 37.3 Å². The van der Waals surface area contributed by atoms with Crippen molar-refractivity contribution < 1.29 is 13.2 Å². The number of carbonyl (C=O) groups is 1. The first-order valence-corrected chi connectivity index (χ1v) is 9.69. The molecule has 0 radical (unpaired) electrons. The van der Waals surface area contributed by atoms with Gasteiger partial charge in [-0.15, -0.1) is 11.3 Å². The van der Waals surface area contributed by atoms with Crippen LogP contribution in [0.4, 0.5) is 10.5 Å². The number of aryl methyl sites for hydroxylation is 1. The van der Waals surface area contributed by atoms with Gasteiger partial charge in [0, 0.05) is 10.4 Å². The summed E-state index contributed by atoms with van der Waals surface area (Å²) >= 11 is 1.13. The molecule has 3 aromatic rings. The fourth-order valence-electron chi connectivity index (χ4n) is 2.24. The molecule has 2 amide bonds. The number of fused-ring (bicyclic) bond motifs is 1. The van der Waals surface area contributed by atoms with Crippen LogP contribution in [0.3, 0.4) is 0 Å². The first-order valence-electron chi connectivity index (χ1n) is 7.39. The minimum Gasteiger partial charge on any atom is -0.307 e. The van der Waals surface area contributed by atoms with E-state index in [9.17, 15) is 13.2 Å². The summed E-state index contributed by atoms with van der Waals surface area (Å²) < 4.78 is 27.7. The minimum absolute atomic E-state index is 0.111. The third-order valence-corrected chi connectivity index (χ3v) is 6.44. The van der Waals surface area contributed by atoms with Gasteiger partial charge in [0.2, 0.25) is 0 Å². The van der Waals surface area contributed by atoms with Crippen LogP contribution < -0.4 is 10.0 Å². The van der Waals surface area contributed by atoms with Crippen LogP contribution >= 0.6 is 11.3 Å². The van der Waals surface area contributed by atoms with Crippen molar-refractivity contribution >= 4 is 43.2 Å². The maximum Gasteiger partial charge on any atom is 0.333 e. The Kier molecular flexibility index (Phi) is 4.55. The van der Waals surface area contributed by atoms with Crippen molar-refractivity contribution in [2.45, 2.75) is 17.6 Å². The molecule has 0 aliphatic rings. The summed E-state index contributed by atoms with van der Waals surface area (Å²) in [5.41, 5.74) is 1.68. The Labute approximate surface area is 144 Å². The molecular weight excluding hydrogens is 344 g/mol. The first kappa shape index (κ1) is 16.5. The quantitative estimate of drug-likeness (QED) is 0.739. The Hall–Kier alpha value is -2.38. The Morgan fingerprint density at radius 2 is 1.79 bits per heavy atom. The molecule has 0 atom stereocenters. The highest BCUT2D eigenvalue weighted by molar-refractivity contribution is 7.92. The lowest BCUT2D eigenvalue weighted by Gasteiger charge is -2.07. The zero-order valence-electron chi connectivity index (χ0n) is 12.9. The van der Waals surface area contributed by atoms with E-state index in [4.69, 9.17) is 0 Å². The number of hydrogen-bond acceptors (Lipinski definition) is 4. The van der Waals surface area contributed by atoms with E-state index in [1.165, 1.54) is 0 Å². The topological polar surface area (TPSA) is 75.3 Å². The van der Waals surface area contributed by atoms with Crippen molar-refractivity contribution in [3.8, 4) is 0 Å². The van der Waals surface area contributed by atoms with Gasteiger partial charge in [-0.25, -0.2) is 17.9 Å². The molecule has 7 heteroatoms. The number of anilines is 1. The zero-order chi connectivity index (χ0) is 17.2.